The molecule has 198 valence electrons. The number of esters is 3. The van der Waals surface area contributed by atoms with Crippen molar-refractivity contribution in [2.24, 2.45) is 23.7 Å². The number of halogens is 2. The Balaban J connectivity index is 1.43. The van der Waals surface area contributed by atoms with Crippen LogP contribution in [0.25, 0.3) is 0 Å². The second-order valence-electron chi connectivity index (χ2n) is 9.92. The molecule has 9 unspecified atom stereocenters. The maximum absolute atomic E-state index is 13.7. The Morgan fingerprint density at radius 2 is 1.66 bits per heavy atom. The van der Waals surface area contributed by atoms with E-state index in [0.717, 1.165) is 12.8 Å². The van der Waals surface area contributed by atoms with Gasteiger partial charge in [-0.25, -0.2) is 0 Å². The Morgan fingerprint density at radius 3 is 2.23 bits per heavy atom. The molecule has 0 aromatic carbocycles. The highest BCUT2D eigenvalue weighted by molar-refractivity contribution is 7.86. The summed E-state index contributed by atoms with van der Waals surface area (Å²) in [7, 11) is -5.84. The number of carbonyl (C=O) groups excluding carboxylic acids is 3. The average molecular weight is 527 g/mol. The first-order valence-electron chi connectivity index (χ1n) is 11.4. The van der Waals surface area contributed by atoms with Gasteiger partial charge in [0.1, 0.15) is 12.2 Å². The highest BCUT2D eigenvalue weighted by Gasteiger charge is 2.73. The molecule has 3 heterocycles. The predicted octanol–water partition coefficient (Wildman–Crippen LogP) is 0.827. The monoisotopic (exact) mass is 526 g/mol. The Bertz CT molecular complexity index is 1010. The van der Waals surface area contributed by atoms with Crippen LogP contribution in [0.1, 0.15) is 46.5 Å². The molecule has 14 heteroatoms. The quantitative estimate of drug-likeness (QED) is 0.262. The van der Waals surface area contributed by atoms with Gasteiger partial charge in [-0.2, -0.15) is 17.2 Å². The largest absolute Gasteiger partial charge is 0.455 e. The van der Waals surface area contributed by atoms with Crippen LogP contribution >= 0.6 is 0 Å². The molecule has 4 fully saturated rings. The number of hydrogen-bond acceptors (Lipinski definition) is 10. The summed E-state index contributed by atoms with van der Waals surface area (Å²) >= 11 is 0. The fraction of sp³-hybridized carbons (Fsp3) is 0.857. The van der Waals surface area contributed by atoms with Gasteiger partial charge in [-0.3, -0.25) is 18.9 Å². The number of hydrogen-bond donors (Lipinski definition) is 2. The van der Waals surface area contributed by atoms with E-state index in [1.54, 1.807) is 0 Å². The highest BCUT2D eigenvalue weighted by Crippen LogP contribution is 2.57. The zero-order chi connectivity index (χ0) is 26.1. The van der Waals surface area contributed by atoms with E-state index in [-0.39, 0.29) is 0 Å². The van der Waals surface area contributed by atoms with Crippen LogP contribution in [0, 0.1) is 23.7 Å². The fourth-order valence-electron chi connectivity index (χ4n) is 5.63. The van der Waals surface area contributed by atoms with Crippen LogP contribution in [0.15, 0.2) is 0 Å². The van der Waals surface area contributed by atoms with Crippen molar-refractivity contribution < 1.29 is 60.2 Å². The van der Waals surface area contributed by atoms with Crippen molar-refractivity contribution in [1.82, 2.24) is 0 Å². The van der Waals surface area contributed by atoms with Gasteiger partial charge in [0.25, 0.3) is 0 Å². The standard InChI is InChI=1S/C21H28F2O11S/c1-8(17(24)31-10(3)21(22,23)35(28,29)30)9(2)18(25)33-16-14-12(20(27)6-4-5-7-20)11-13(32-14)15(16)34-19(11)26/h8-16,27H,4-7H2,1-3H3,(H,28,29,30). The smallest absolute Gasteiger partial charge is 0.405 e. The Morgan fingerprint density at radius 1 is 1.09 bits per heavy atom. The maximum atomic E-state index is 13.7. The number of carbonyl (C=O) groups is 3. The predicted molar refractivity (Wildman–Crippen MR) is 109 cm³/mol. The van der Waals surface area contributed by atoms with Gasteiger partial charge in [0.05, 0.1) is 23.4 Å². The van der Waals surface area contributed by atoms with Crippen molar-refractivity contribution in [3.8, 4) is 0 Å². The molecule has 0 spiro atoms. The average Bonchev–Trinajstić information content (AvgIpc) is 3.50. The zero-order valence-corrected chi connectivity index (χ0v) is 20.1. The van der Waals surface area contributed by atoms with E-state index in [0.29, 0.717) is 19.8 Å². The molecule has 3 saturated heterocycles. The van der Waals surface area contributed by atoms with Crippen LogP contribution in [0.4, 0.5) is 8.78 Å². The maximum Gasteiger partial charge on any atom is 0.405 e. The Kier molecular flexibility index (Phi) is 6.43. The second-order valence-corrected chi connectivity index (χ2v) is 11.4. The first-order valence-corrected chi connectivity index (χ1v) is 12.9. The minimum Gasteiger partial charge on any atom is -0.455 e. The molecule has 4 rings (SSSR count). The molecular weight excluding hydrogens is 498 g/mol. The molecule has 0 radical (unpaired) electrons. The van der Waals surface area contributed by atoms with Gasteiger partial charge in [-0.15, -0.1) is 0 Å². The molecule has 1 saturated carbocycles. The molecule has 4 aliphatic rings. The number of alkyl halides is 2. The van der Waals surface area contributed by atoms with E-state index in [1.165, 1.54) is 13.8 Å². The molecule has 2 N–H and O–H groups in total. The fourth-order valence-corrected chi connectivity index (χ4v) is 6.10. The van der Waals surface area contributed by atoms with Crippen LogP contribution in [-0.4, -0.2) is 77.4 Å². The summed E-state index contributed by atoms with van der Waals surface area (Å²) in [6.45, 7) is 3.09. The molecule has 35 heavy (non-hydrogen) atoms. The number of ether oxygens (including phenoxy) is 4. The lowest BCUT2D eigenvalue weighted by Crippen LogP contribution is -2.53. The van der Waals surface area contributed by atoms with Gasteiger partial charge < -0.3 is 24.1 Å². The number of aliphatic hydroxyl groups is 1. The number of fused-ring (bicyclic) bond motifs is 1. The first kappa shape index (κ1) is 26.2. The van der Waals surface area contributed by atoms with Crippen molar-refractivity contribution in [3.63, 3.8) is 0 Å². The summed E-state index contributed by atoms with van der Waals surface area (Å²) in [5, 5.41) is 6.42. The van der Waals surface area contributed by atoms with E-state index in [4.69, 9.17) is 18.8 Å². The Hall–Kier alpha value is -1.90. The van der Waals surface area contributed by atoms with Gasteiger partial charge in [0, 0.05) is 5.92 Å². The molecule has 0 aromatic rings. The molecule has 0 amide bonds. The Labute approximate surface area is 200 Å². The lowest BCUT2D eigenvalue weighted by atomic mass is 9.69. The van der Waals surface area contributed by atoms with Crippen LogP contribution < -0.4 is 0 Å². The summed E-state index contributed by atoms with van der Waals surface area (Å²) in [6, 6.07) is 0. The van der Waals surface area contributed by atoms with Gasteiger partial charge in [0.15, 0.2) is 18.3 Å². The molecule has 9 atom stereocenters. The van der Waals surface area contributed by atoms with Gasteiger partial charge >= 0.3 is 33.3 Å². The topological polar surface area (TPSA) is 163 Å². The minimum atomic E-state index is -5.84. The SMILES string of the molecule is CC(C(=O)OC1C2OC(=O)C3C2OC1C3C1(O)CCCC1)C(C)C(=O)OC(C)C(F)(F)S(=O)(=O)O. The third kappa shape index (κ3) is 4.11. The molecule has 2 bridgehead atoms. The molecule has 3 aliphatic heterocycles. The summed E-state index contributed by atoms with van der Waals surface area (Å²) < 4.78 is 79.1. The lowest BCUT2D eigenvalue weighted by Gasteiger charge is -2.38. The van der Waals surface area contributed by atoms with E-state index < -0.39 is 93.1 Å². The summed E-state index contributed by atoms with van der Waals surface area (Å²) in [4.78, 5) is 37.6. The van der Waals surface area contributed by atoms with Crippen LogP contribution in [0.5, 0.6) is 0 Å². The van der Waals surface area contributed by atoms with Crippen LogP contribution in [-0.2, 0) is 43.4 Å². The van der Waals surface area contributed by atoms with E-state index in [2.05, 4.69) is 4.74 Å². The van der Waals surface area contributed by atoms with Crippen molar-refractivity contribution in [2.45, 2.75) is 87.8 Å². The van der Waals surface area contributed by atoms with Crippen molar-refractivity contribution in [3.05, 3.63) is 0 Å². The van der Waals surface area contributed by atoms with Crippen LogP contribution in [0.2, 0.25) is 0 Å². The second kappa shape index (κ2) is 8.60. The van der Waals surface area contributed by atoms with Crippen molar-refractivity contribution in [1.29, 1.82) is 0 Å². The van der Waals surface area contributed by atoms with Crippen molar-refractivity contribution >= 4 is 28.0 Å². The lowest BCUT2D eigenvalue weighted by molar-refractivity contribution is -0.175. The first-order chi connectivity index (χ1) is 16.1. The van der Waals surface area contributed by atoms with E-state index >= 15 is 0 Å². The summed E-state index contributed by atoms with van der Waals surface area (Å²) in [6.07, 6.45) is -3.31. The summed E-state index contributed by atoms with van der Waals surface area (Å²) in [5.74, 6) is -6.54. The third-order valence-electron chi connectivity index (χ3n) is 7.85. The molecular formula is C21H28F2O11S. The summed E-state index contributed by atoms with van der Waals surface area (Å²) in [5.41, 5.74) is -1.15. The molecule has 11 nitrogen and oxygen atoms in total. The van der Waals surface area contributed by atoms with Gasteiger partial charge in [-0.1, -0.05) is 26.7 Å². The van der Waals surface area contributed by atoms with Crippen LogP contribution in [0.3, 0.4) is 0 Å². The third-order valence-corrected chi connectivity index (χ3v) is 8.87. The van der Waals surface area contributed by atoms with E-state index in [1.807, 2.05) is 0 Å². The minimum absolute atomic E-state index is 0.477. The van der Waals surface area contributed by atoms with Gasteiger partial charge in [-0.05, 0) is 19.8 Å². The normalized spacial score (nSPS) is 35.9. The molecule has 0 aromatic heterocycles. The van der Waals surface area contributed by atoms with Crippen molar-refractivity contribution in [2.75, 3.05) is 0 Å². The molecule has 1 aliphatic carbocycles. The van der Waals surface area contributed by atoms with Gasteiger partial charge in [0.2, 0.25) is 0 Å². The highest BCUT2D eigenvalue weighted by atomic mass is 32.2. The number of rotatable bonds is 8. The van der Waals surface area contributed by atoms with E-state index in [9.17, 15) is 36.7 Å². The zero-order valence-electron chi connectivity index (χ0n) is 19.3.